The summed E-state index contributed by atoms with van der Waals surface area (Å²) in [4.78, 5) is 30.1. The van der Waals surface area contributed by atoms with Crippen LogP contribution in [0.25, 0.3) is 0 Å². The van der Waals surface area contributed by atoms with Crippen LogP contribution >= 0.6 is 0 Å². The van der Waals surface area contributed by atoms with Gasteiger partial charge in [-0.1, -0.05) is 48.5 Å². The Kier molecular flexibility index (Phi) is 7.03. The summed E-state index contributed by atoms with van der Waals surface area (Å²) in [5.74, 6) is 0.189. The molecule has 0 aliphatic carbocycles. The lowest BCUT2D eigenvalue weighted by atomic mass is 9.94. The van der Waals surface area contributed by atoms with Crippen LogP contribution < -0.4 is 5.32 Å². The number of benzene rings is 2. The van der Waals surface area contributed by atoms with Gasteiger partial charge in [0.25, 0.3) is 5.91 Å². The Morgan fingerprint density at radius 2 is 1.58 bits per heavy atom. The summed E-state index contributed by atoms with van der Waals surface area (Å²) in [5, 5.41) is 3.23. The Morgan fingerprint density at radius 1 is 0.935 bits per heavy atom. The van der Waals surface area contributed by atoms with Gasteiger partial charge in [0.1, 0.15) is 0 Å². The van der Waals surface area contributed by atoms with Crippen LogP contribution in [0.5, 0.6) is 0 Å². The number of rotatable bonds is 6. The van der Waals surface area contributed by atoms with E-state index in [1.165, 1.54) is 18.4 Å². The molecule has 31 heavy (non-hydrogen) atoms. The average Bonchev–Trinajstić information content (AvgIpc) is 3.34. The van der Waals surface area contributed by atoms with Crippen molar-refractivity contribution in [2.45, 2.75) is 38.6 Å². The SMILES string of the molecule is Cc1ccccc1C(=O)N1CCC(C(=O)NCC(c2ccccc2)N2CCCC2)CC1. The van der Waals surface area contributed by atoms with E-state index in [0.29, 0.717) is 19.6 Å². The smallest absolute Gasteiger partial charge is 0.254 e. The number of hydrogen-bond acceptors (Lipinski definition) is 3. The van der Waals surface area contributed by atoms with Gasteiger partial charge >= 0.3 is 0 Å². The molecule has 1 atom stereocenters. The van der Waals surface area contributed by atoms with E-state index in [0.717, 1.165) is 37.1 Å². The molecule has 2 aromatic rings. The highest BCUT2D eigenvalue weighted by atomic mass is 16.2. The first-order valence-electron chi connectivity index (χ1n) is 11.5. The maximum Gasteiger partial charge on any atom is 0.254 e. The molecule has 1 unspecified atom stereocenters. The molecule has 0 bridgehead atoms. The third-order valence-corrected chi connectivity index (χ3v) is 6.76. The molecule has 1 N–H and O–H groups in total. The highest BCUT2D eigenvalue weighted by molar-refractivity contribution is 5.95. The summed E-state index contributed by atoms with van der Waals surface area (Å²) in [6, 6.07) is 18.4. The molecule has 164 valence electrons. The zero-order chi connectivity index (χ0) is 21.6. The zero-order valence-corrected chi connectivity index (χ0v) is 18.4. The van der Waals surface area contributed by atoms with Gasteiger partial charge in [-0.25, -0.2) is 0 Å². The third-order valence-electron chi connectivity index (χ3n) is 6.76. The standard InChI is InChI=1S/C26H33N3O2/c1-20-9-5-6-12-23(20)26(31)29-17-13-22(14-18-29)25(30)27-19-24(28-15-7-8-16-28)21-10-3-2-4-11-21/h2-6,9-12,22,24H,7-8,13-19H2,1H3,(H,27,30). The van der Waals surface area contributed by atoms with Crippen molar-refractivity contribution in [1.29, 1.82) is 0 Å². The van der Waals surface area contributed by atoms with Gasteiger partial charge in [0.2, 0.25) is 5.91 Å². The van der Waals surface area contributed by atoms with E-state index in [-0.39, 0.29) is 23.8 Å². The summed E-state index contributed by atoms with van der Waals surface area (Å²) < 4.78 is 0. The molecule has 2 aromatic carbocycles. The summed E-state index contributed by atoms with van der Waals surface area (Å²) in [5.41, 5.74) is 3.03. The van der Waals surface area contributed by atoms with E-state index >= 15 is 0 Å². The number of nitrogens with zero attached hydrogens (tertiary/aromatic N) is 2. The Bertz CT molecular complexity index is 885. The highest BCUT2D eigenvalue weighted by Crippen LogP contribution is 2.25. The fourth-order valence-electron chi connectivity index (χ4n) is 4.86. The minimum Gasteiger partial charge on any atom is -0.354 e. The molecule has 2 heterocycles. The van der Waals surface area contributed by atoms with Crippen LogP contribution in [0.4, 0.5) is 0 Å². The van der Waals surface area contributed by atoms with Crippen molar-refractivity contribution in [3.8, 4) is 0 Å². The highest BCUT2D eigenvalue weighted by Gasteiger charge is 2.29. The predicted molar refractivity (Wildman–Crippen MR) is 123 cm³/mol. The van der Waals surface area contributed by atoms with Crippen molar-refractivity contribution in [3.05, 3.63) is 71.3 Å². The van der Waals surface area contributed by atoms with Gasteiger partial charge < -0.3 is 10.2 Å². The molecule has 5 nitrogen and oxygen atoms in total. The van der Waals surface area contributed by atoms with Crippen LogP contribution in [-0.2, 0) is 4.79 Å². The zero-order valence-electron chi connectivity index (χ0n) is 18.4. The Morgan fingerprint density at radius 3 is 2.26 bits per heavy atom. The van der Waals surface area contributed by atoms with Crippen LogP contribution in [0, 0.1) is 12.8 Å². The lowest BCUT2D eigenvalue weighted by Crippen LogP contribution is -2.44. The first-order valence-corrected chi connectivity index (χ1v) is 11.5. The van der Waals surface area contributed by atoms with Crippen LogP contribution in [0.3, 0.4) is 0 Å². The Hall–Kier alpha value is -2.66. The van der Waals surface area contributed by atoms with Gasteiger partial charge in [-0.05, 0) is 62.9 Å². The lowest BCUT2D eigenvalue weighted by Gasteiger charge is -2.33. The van der Waals surface area contributed by atoms with E-state index in [2.05, 4.69) is 34.5 Å². The molecular weight excluding hydrogens is 386 g/mol. The first-order chi connectivity index (χ1) is 15.1. The second-order valence-corrected chi connectivity index (χ2v) is 8.80. The number of likely N-dealkylation sites (tertiary alicyclic amines) is 2. The molecule has 0 spiro atoms. The second-order valence-electron chi connectivity index (χ2n) is 8.80. The summed E-state index contributed by atoms with van der Waals surface area (Å²) >= 11 is 0. The number of carbonyl (C=O) groups is 2. The molecule has 0 saturated carbocycles. The number of hydrogen-bond donors (Lipinski definition) is 1. The van der Waals surface area contributed by atoms with Gasteiger partial charge in [-0.2, -0.15) is 0 Å². The molecule has 5 heteroatoms. The topological polar surface area (TPSA) is 52.7 Å². The van der Waals surface area contributed by atoms with Crippen molar-refractivity contribution in [2.24, 2.45) is 5.92 Å². The molecular formula is C26H33N3O2. The number of piperidine rings is 1. The van der Waals surface area contributed by atoms with E-state index in [1.54, 1.807) is 0 Å². The molecule has 2 saturated heterocycles. The van der Waals surface area contributed by atoms with Crippen LogP contribution in [0.15, 0.2) is 54.6 Å². The summed E-state index contributed by atoms with van der Waals surface area (Å²) in [7, 11) is 0. The van der Waals surface area contributed by atoms with Gasteiger partial charge in [-0.3, -0.25) is 14.5 Å². The minimum atomic E-state index is -0.0177. The summed E-state index contributed by atoms with van der Waals surface area (Å²) in [6.07, 6.45) is 3.90. The average molecular weight is 420 g/mol. The molecule has 0 aromatic heterocycles. The number of aryl methyl sites for hydroxylation is 1. The van der Waals surface area contributed by atoms with Crippen molar-refractivity contribution in [1.82, 2.24) is 15.1 Å². The molecule has 0 radical (unpaired) electrons. The van der Waals surface area contributed by atoms with Gasteiger partial charge in [0.15, 0.2) is 0 Å². The first kappa shape index (κ1) is 21.6. The Balaban J connectivity index is 1.31. The van der Waals surface area contributed by atoms with E-state index in [4.69, 9.17) is 0 Å². The predicted octanol–water partition coefficient (Wildman–Crippen LogP) is 3.80. The van der Waals surface area contributed by atoms with Crippen molar-refractivity contribution in [3.63, 3.8) is 0 Å². The maximum atomic E-state index is 12.9. The largest absolute Gasteiger partial charge is 0.354 e. The van der Waals surface area contributed by atoms with E-state index in [1.807, 2.05) is 42.2 Å². The summed E-state index contributed by atoms with van der Waals surface area (Å²) in [6.45, 7) is 6.07. The molecule has 2 fully saturated rings. The van der Waals surface area contributed by atoms with Gasteiger partial charge in [-0.15, -0.1) is 0 Å². The van der Waals surface area contributed by atoms with Crippen molar-refractivity contribution < 1.29 is 9.59 Å². The Labute approximate surface area is 185 Å². The number of amides is 2. The molecule has 2 aliphatic heterocycles. The van der Waals surface area contributed by atoms with Crippen LogP contribution in [0.1, 0.15) is 53.2 Å². The normalized spacial score (nSPS) is 18.7. The molecule has 2 amide bonds. The fraction of sp³-hybridized carbons (Fsp3) is 0.462. The third kappa shape index (κ3) is 5.16. The monoisotopic (exact) mass is 419 g/mol. The van der Waals surface area contributed by atoms with Crippen molar-refractivity contribution in [2.75, 3.05) is 32.7 Å². The van der Waals surface area contributed by atoms with E-state index < -0.39 is 0 Å². The van der Waals surface area contributed by atoms with Crippen LogP contribution in [0.2, 0.25) is 0 Å². The van der Waals surface area contributed by atoms with Gasteiger partial charge in [0, 0.05) is 31.1 Å². The number of nitrogens with one attached hydrogen (secondary N) is 1. The quantitative estimate of drug-likeness (QED) is 0.775. The van der Waals surface area contributed by atoms with Gasteiger partial charge in [0.05, 0.1) is 6.04 Å². The van der Waals surface area contributed by atoms with E-state index in [9.17, 15) is 9.59 Å². The maximum absolute atomic E-state index is 12.9. The van der Waals surface area contributed by atoms with Crippen LogP contribution in [-0.4, -0.2) is 54.3 Å². The fourth-order valence-corrected chi connectivity index (χ4v) is 4.86. The second kappa shape index (κ2) is 10.1. The lowest BCUT2D eigenvalue weighted by molar-refractivity contribution is -0.126. The molecule has 4 rings (SSSR count). The number of carbonyl (C=O) groups excluding carboxylic acids is 2. The van der Waals surface area contributed by atoms with Crippen molar-refractivity contribution >= 4 is 11.8 Å². The minimum absolute atomic E-state index is 0.0177. The molecule has 2 aliphatic rings.